The zero-order chi connectivity index (χ0) is 19.2. The molecule has 0 amide bonds. The van der Waals surface area contributed by atoms with Gasteiger partial charge in [0.2, 0.25) is 0 Å². The standard InChI is InChI=1S/C17H26N8/c1-16(2,3)12-10(9-18)15(25(8)22-12)21-20-11-13(17(4,5)6)23-24(7)14(11)19/h19H2,1-8H3/b21-20+. The number of nitrogen functional groups attached to an aromatic ring is 1. The number of nitriles is 1. The van der Waals surface area contributed by atoms with E-state index < -0.39 is 0 Å². The van der Waals surface area contributed by atoms with Crippen molar-refractivity contribution in [3.8, 4) is 6.07 Å². The first-order valence-corrected chi connectivity index (χ1v) is 8.10. The van der Waals surface area contributed by atoms with Gasteiger partial charge in [0.25, 0.3) is 0 Å². The molecule has 2 heterocycles. The fourth-order valence-corrected chi connectivity index (χ4v) is 2.48. The van der Waals surface area contributed by atoms with Crippen LogP contribution >= 0.6 is 0 Å². The second-order valence-electron chi connectivity index (χ2n) is 8.19. The molecule has 0 atom stereocenters. The predicted molar refractivity (Wildman–Crippen MR) is 97.1 cm³/mol. The quantitative estimate of drug-likeness (QED) is 0.840. The topological polar surface area (TPSA) is 110 Å². The molecule has 0 radical (unpaired) electrons. The maximum Gasteiger partial charge on any atom is 0.191 e. The fourth-order valence-electron chi connectivity index (χ4n) is 2.48. The molecule has 0 aromatic carbocycles. The van der Waals surface area contributed by atoms with Crippen LogP contribution in [0.3, 0.4) is 0 Å². The Kier molecular flexibility index (Phi) is 4.47. The molecule has 0 fully saturated rings. The summed E-state index contributed by atoms with van der Waals surface area (Å²) >= 11 is 0. The first kappa shape index (κ1) is 18.6. The lowest BCUT2D eigenvalue weighted by Gasteiger charge is -2.15. The molecule has 0 aliphatic rings. The highest BCUT2D eigenvalue weighted by Crippen LogP contribution is 2.37. The van der Waals surface area contributed by atoms with Gasteiger partial charge in [0, 0.05) is 24.9 Å². The number of anilines is 1. The van der Waals surface area contributed by atoms with Crippen LogP contribution in [0.5, 0.6) is 0 Å². The number of rotatable bonds is 2. The van der Waals surface area contributed by atoms with Gasteiger partial charge in [0.05, 0.1) is 11.4 Å². The number of nitrogens with zero attached hydrogens (tertiary/aromatic N) is 7. The summed E-state index contributed by atoms with van der Waals surface area (Å²) in [7, 11) is 3.52. The van der Waals surface area contributed by atoms with Crippen molar-refractivity contribution in [3.05, 3.63) is 17.0 Å². The molecule has 0 saturated heterocycles. The summed E-state index contributed by atoms with van der Waals surface area (Å²) in [6.45, 7) is 12.1. The van der Waals surface area contributed by atoms with Gasteiger partial charge in [-0.2, -0.15) is 15.5 Å². The van der Waals surface area contributed by atoms with Gasteiger partial charge in [0.15, 0.2) is 11.5 Å². The highest BCUT2D eigenvalue weighted by Gasteiger charge is 2.28. The van der Waals surface area contributed by atoms with Crippen LogP contribution < -0.4 is 5.73 Å². The minimum absolute atomic E-state index is 0.231. The zero-order valence-corrected chi connectivity index (χ0v) is 16.2. The summed E-state index contributed by atoms with van der Waals surface area (Å²) in [5.41, 5.74) is 8.02. The molecule has 2 aromatic rings. The molecule has 0 spiro atoms. The van der Waals surface area contributed by atoms with Crippen LogP contribution in [0.25, 0.3) is 0 Å². The molecule has 0 aliphatic carbocycles. The summed E-state index contributed by atoms with van der Waals surface area (Å²) in [6.07, 6.45) is 0. The molecule has 2 rings (SSSR count). The van der Waals surface area contributed by atoms with Crippen LogP contribution in [0.1, 0.15) is 58.5 Å². The van der Waals surface area contributed by atoms with E-state index >= 15 is 0 Å². The van der Waals surface area contributed by atoms with Crippen LogP contribution in [0.2, 0.25) is 0 Å². The molecule has 0 saturated carbocycles. The van der Waals surface area contributed by atoms with E-state index in [-0.39, 0.29) is 10.8 Å². The van der Waals surface area contributed by atoms with E-state index in [1.54, 1.807) is 23.5 Å². The molecule has 0 aliphatic heterocycles. The molecular formula is C17H26N8. The van der Waals surface area contributed by atoms with Crippen molar-refractivity contribution >= 4 is 17.3 Å². The Balaban J connectivity index is 2.60. The first-order valence-electron chi connectivity index (χ1n) is 8.10. The Morgan fingerprint density at radius 3 is 1.92 bits per heavy atom. The molecule has 2 N–H and O–H groups in total. The monoisotopic (exact) mass is 342 g/mol. The fraction of sp³-hybridized carbons (Fsp3) is 0.588. The number of hydrogen-bond acceptors (Lipinski definition) is 6. The second-order valence-corrected chi connectivity index (χ2v) is 8.19. The largest absolute Gasteiger partial charge is 0.382 e. The molecule has 0 bridgehead atoms. The van der Waals surface area contributed by atoms with Gasteiger partial charge in [0.1, 0.15) is 17.5 Å². The number of aryl methyl sites for hydroxylation is 2. The van der Waals surface area contributed by atoms with Crippen molar-refractivity contribution in [2.24, 2.45) is 24.3 Å². The van der Waals surface area contributed by atoms with Gasteiger partial charge in [-0.05, 0) is 0 Å². The van der Waals surface area contributed by atoms with Crippen molar-refractivity contribution in [3.63, 3.8) is 0 Å². The van der Waals surface area contributed by atoms with Crippen molar-refractivity contribution in [2.75, 3.05) is 5.73 Å². The van der Waals surface area contributed by atoms with E-state index in [0.29, 0.717) is 28.6 Å². The molecular weight excluding hydrogens is 316 g/mol. The van der Waals surface area contributed by atoms with Crippen LogP contribution in [-0.4, -0.2) is 19.6 Å². The third-order valence-electron chi connectivity index (χ3n) is 3.86. The number of aromatic nitrogens is 4. The number of nitrogens with two attached hydrogens (primary N) is 1. The van der Waals surface area contributed by atoms with Crippen molar-refractivity contribution < 1.29 is 0 Å². The Bertz CT molecular complexity index is 863. The van der Waals surface area contributed by atoms with Crippen LogP contribution in [0.15, 0.2) is 10.2 Å². The summed E-state index contributed by atoms with van der Waals surface area (Å²) in [6, 6.07) is 2.20. The predicted octanol–water partition coefficient (Wildman–Crippen LogP) is 3.62. The number of azo groups is 1. The Morgan fingerprint density at radius 2 is 1.44 bits per heavy atom. The average molecular weight is 342 g/mol. The Morgan fingerprint density at radius 1 is 0.920 bits per heavy atom. The zero-order valence-electron chi connectivity index (χ0n) is 16.2. The summed E-state index contributed by atoms with van der Waals surface area (Å²) < 4.78 is 3.16. The molecule has 25 heavy (non-hydrogen) atoms. The van der Waals surface area contributed by atoms with E-state index in [1.165, 1.54) is 0 Å². The Labute approximate surface area is 148 Å². The van der Waals surface area contributed by atoms with Gasteiger partial charge < -0.3 is 5.73 Å². The van der Waals surface area contributed by atoms with Crippen LogP contribution in [0, 0.1) is 11.3 Å². The van der Waals surface area contributed by atoms with Crippen LogP contribution in [0.4, 0.5) is 17.3 Å². The van der Waals surface area contributed by atoms with Crippen LogP contribution in [-0.2, 0) is 24.9 Å². The highest BCUT2D eigenvalue weighted by atomic mass is 15.4. The van der Waals surface area contributed by atoms with Gasteiger partial charge in [-0.15, -0.1) is 10.2 Å². The van der Waals surface area contributed by atoms with E-state index in [4.69, 9.17) is 5.73 Å². The van der Waals surface area contributed by atoms with Crippen molar-refractivity contribution in [1.82, 2.24) is 19.6 Å². The number of hydrogen-bond donors (Lipinski definition) is 1. The van der Waals surface area contributed by atoms with E-state index in [1.807, 2.05) is 41.5 Å². The molecule has 8 heteroatoms. The van der Waals surface area contributed by atoms with Gasteiger partial charge in [-0.25, -0.2) is 4.68 Å². The lowest BCUT2D eigenvalue weighted by Crippen LogP contribution is -2.14. The van der Waals surface area contributed by atoms with Gasteiger partial charge in [-0.3, -0.25) is 4.68 Å². The van der Waals surface area contributed by atoms with E-state index in [9.17, 15) is 5.26 Å². The maximum atomic E-state index is 9.57. The third-order valence-corrected chi connectivity index (χ3v) is 3.86. The lowest BCUT2D eigenvalue weighted by atomic mass is 9.90. The van der Waals surface area contributed by atoms with E-state index in [2.05, 4.69) is 26.5 Å². The highest BCUT2D eigenvalue weighted by molar-refractivity contribution is 5.63. The second kappa shape index (κ2) is 5.99. The summed E-state index contributed by atoms with van der Waals surface area (Å²) in [5, 5.41) is 27.1. The molecule has 8 nitrogen and oxygen atoms in total. The SMILES string of the molecule is Cn1nc(C(C)(C)C)c(/N=N/c2c(C#N)c(C(C)(C)C)nn2C)c1N. The summed E-state index contributed by atoms with van der Waals surface area (Å²) in [5.74, 6) is 0.848. The summed E-state index contributed by atoms with van der Waals surface area (Å²) in [4.78, 5) is 0. The van der Waals surface area contributed by atoms with Crippen molar-refractivity contribution in [2.45, 2.75) is 52.4 Å². The minimum Gasteiger partial charge on any atom is -0.382 e. The van der Waals surface area contributed by atoms with Gasteiger partial charge >= 0.3 is 0 Å². The lowest BCUT2D eigenvalue weighted by molar-refractivity contribution is 0.552. The Hall–Kier alpha value is -2.69. The first-order chi connectivity index (χ1) is 11.4. The third kappa shape index (κ3) is 3.40. The maximum absolute atomic E-state index is 9.57. The average Bonchev–Trinajstić information content (AvgIpc) is 2.94. The minimum atomic E-state index is -0.263. The molecule has 2 aromatic heterocycles. The smallest absolute Gasteiger partial charge is 0.191 e. The van der Waals surface area contributed by atoms with E-state index in [0.717, 1.165) is 5.69 Å². The molecule has 134 valence electrons. The van der Waals surface area contributed by atoms with Gasteiger partial charge in [-0.1, -0.05) is 41.5 Å². The normalized spacial score (nSPS) is 12.8. The molecule has 0 unspecified atom stereocenters. The van der Waals surface area contributed by atoms with Crippen molar-refractivity contribution in [1.29, 1.82) is 5.26 Å².